The summed E-state index contributed by atoms with van der Waals surface area (Å²) < 4.78 is 8.28. The van der Waals surface area contributed by atoms with Crippen molar-refractivity contribution in [1.82, 2.24) is 35.0 Å². The number of hydrogen-bond donors (Lipinski definition) is 1. The van der Waals surface area contributed by atoms with Gasteiger partial charge in [0.25, 0.3) is 5.91 Å². The molecule has 2 aromatic carbocycles. The Hall–Kier alpha value is -4.34. The molecule has 0 atom stereocenters. The Labute approximate surface area is 171 Å². The van der Waals surface area contributed by atoms with Gasteiger partial charge in [-0.15, -0.1) is 5.10 Å². The maximum atomic E-state index is 13.1. The van der Waals surface area contributed by atoms with E-state index >= 15 is 0 Å². The lowest BCUT2D eigenvalue weighted by molar-refractivity contribution is -0.111. The van der Waals surface area contributed by atoms with E-state index in [1.54, 1.807) is 43.3 Å². The molecule has 0 aliphatic carbocycles. The Bertz CT molecular complexity index is 1180. The summed E-state index contributed by atoms with van der Waals surface area (Å²) in [6.07, 6.45) is 4.76. The van der Waals surface area contributed by atoms with Crippen molar-refractivity contribution in [3.8, 4) is 11.4 Å². The van der Waals surface area contributed by atoms with E-state index in [1.165, 1.54) is 11.0 Å². The fourth-order valence-electron chi connectivity index (χ4n) is 2.80. The highest BCUT2D eigenvalue weighted by molar-refractivity contribution is 6.24. The third kappa shape index (κ3) is 4.07. The second kappa shape index (κ2) is 8.35. The molecule has 1 N–H and O–H groups in total. The minimum atomic E-state index is -0.360. The molecule has 4 rings (SSSR count). The molecule has 0 saturated carbocycles. The van der Waals surface area contributed by atoms with E-state index in [1.807, 2.05) is 36.4 Å². The summed E-state index contributed by atoms with van der Waals surface area (Å²) >= 11 is 0. The first-order valence-electron chi connectivity index (χ1n) is 9.01. The molecule has 0 saturated heterocycles. The molecule has 0 aliphatic rings. The normalized spacial score (nSPS) is 11.3. The van der Waals surface area contributed by atoms with Gasteiger partial charge in [-0.25, -0.2) is 9.67 Å². The quantitative estimate of drug-likeness (QED) is 0.492. The van der Waals surface area contributed by atoms with Gasteiger partial charge in [0.15, 0.2) is 5.82 Å². The topological polar surface area (TPSA) is 113 Å². The summed E-state index contributed by atoms with van der Waals surface area (Å²) in [6.45, 7) is 1.72. The van der Waals surface area contributed by atoms with Crippen LogP contribution in [0.25, 0.3) is 17.5 Å². The Morgan fingerprint density at radius 2 is 2.00 bits per heavy atom. The minimum absolute atomic E-state index is 0.270. The Balaban J connectivity index is 1.63. The largest absolute Gasteiger partial charge is 0.497 e. The SMILES string of the molecule is COc1cccc(/C=C(/C(=O)Nc2ccc(-n3cncn3)cc2)n2nnnc2C)c1. The van der Waals surface area contributed by atoms with Crippen molar-refractivity contribution in [2.75, 3.05) is 12.4 Å². The first kappa shape index (κ1) is 19.0. The number of anilines is 1. The van der Waals surface area contributed by atoms with Crippen LogP contribution >= 0.6 is 0 Å². The molecule has 0 bridgehead atoms. The van der Waals surface area contributed by atoms with E-state index in [0.717, 1.165) is 11.3 Å². The van der Waals surface area contributed by atoms with Gasteiger partial charge < -0.3 is 10.1 Å². The van der Waals surface area contributed by atoms with Crippen LogP contribution in [0, 0.1) is 6.92 Å². The average molecular weight is 402 g/mol. The highest BCUT2D eigenvalue weighted by atomic mass is 16.5. The minimum Gasteiger partial charge on any atom is -0.497 e. The van der Waals surface area contributed by atoms with Gasteiger partial charge in [0, 0.05) is 5.69 Å². The van der Waals surface area contributed by atoms with Gasteiger partial charge >= 0.3 is 0 Å². The van der Waals surface area contributed by atoms with E-state index in [2.05, 4.69) is 30.9 Å². The van der Waals surface area contributed by atoms with Gasteiger partial charge in [0.1, 0.15) is 24.1 Å². The van der Waals surface area contributed by atoms with Crippen molar-refractivity contribution in [2.24, 2.45) is 0 Å². The number of methoxy groups -OCH3 is 1. The van der Waals surface area contributed by atoms with Crippen molar-refractivity contribution in [2.45, 2.75) is 6.92 Å². The van der Waals surface area contributed by atoms with E-state index < -0.39 is 0 Å². The number of ether oxygens (including phenoxy) is 1. The molecule has 10 heteroatoms. The van der Waals surface area contributed by atoms with Crippen molar-refractivity contribution in [3.63, 3.8) is 0 Å². The van der Waals surface area contributed by atoms with E-state index in [9.17, 15) is 4.79 Å². The molecule has 0 radical (unpaired) electrons. The van der Waals surface area contributed by atoms with Crippen molar-refractivity contribution in [3.05, 3.63) is 72.6 Å². The van der Waals surface area contributed by atoms with Crippen molar-refractivity contribution in [1.29, 1.82) is 0 Å². The molecule has 1 amide bonds. The Morgan fingerprint density at radius 1 is 1.17 bits per heavy atom. The van der Waals surface area contributed by atoms with Gasteiger partial charge in [-0.1, -0.05) is 12.1 Å². The zero-order valence-electron chi connectivity index (χ0n) is 16.3. The summed E-state index contributed by atoms with van der Waals surface area (Å²) in [5.74, 6) is 0.809. The Kier molecular flexibility index (Phi) is 5.29. The number of nitrogens with zero attached hydrogens (tertiary/aromatic N) is 7. The first-order chi connectivity index (χ1) is 14.6. The fraction of sp³-hybridized carbons (Fsp3) is 0.100. The predicted molar refractivity (Wildman–Crippen MR) is 110 cm³/mol. The molecule has 2 heterocycles. The molecule has 0 aliphatic heterocycles. The number of carbonyl (C=O) groups excluding carboxylic acids is 1. The zero-order chi connectivity index (χ0) is 20.9. The lowest BCUT2D eigenvalue weighted by atomic mass is 10.1. The number of tetrazole rings is 1. The van der Waals surface area contributed by atoms with Crippen molar-refractivity contribution < 1.29 is 9.53 Å². The summed E-state index contributed by atoms with van der Waals surface area (Å²) in [4.78, 5) is 17.0. The van der Waals surface area contributed by atoms with Crippen molar-refractivity contribution >= 4 is 23.4 Å². The fourth-order valence-corrected chi connectivity index (χ4v) is 2.80. The van der Waals surface area contributed by atoms with Gasteiger partial charge in [0.2, 0.25) is 0 Å². The number of nitrogens with one attached hydrogen (secondary N) is 1. The number of rotatable bonds is 6. The van der Waals surface area contributed by atoms with E-state index in [4.69, 9.17) is 4.74 Å². The molecule has 4 aromatic rings. The molecule has 10 nitrogen and oxygen atoms in total. The number of hydrogen-bond acceptors (Lipinski definition) is 7. The molecular formula is C20H18N8O2. The van der Waals surface area contributed by atoms with E-state index in [-0.39, 0.29) is 11.6 Å². The third-order valence-electron chi connectivity index (χ3n) is 4.29. The third-order valence-corrected chi connectivity index (χ3v) is 4.29. The van der Waals surface area contributed by atoms with Gasteiger partial charge in [-0.3, -0.25) is 4.79 Å². The van der Waals surface area contributed by atoms with E-state index in [0.29, 0.717) is 17.3 Å². The first-order valence-corrected chi connectivity index (χ1v) is 9.01. The smallest absolute Gasteiger partial charge is 0.274 e. The second-order valence-corrected chi connectivity index (χ2v) is 6.29. The lowest BCUT2D eigenvalue weighted by Crippen LogP contribution is -2.19. The number of amides is 1. The standard InChI is InChI=1S/C20H18N8O2/c1-14-24-25-26-28(14)19(11-15-4-3-5-18(10-15)30-2)20(29)23-16-6-8-17(9-7-16)27-13-21-12-22-27/h3-13H,1-2H3,(H,23,29)/b19-11-. The molecular weight excluding hydrogens is 384 g/mol. The maximum Gasteiger partial charge on any atom is 0.274 e. The number of aromatic nitrogens is 7. The van der Waals surface area contributed by atoms with Crippen LogP contribution in [0.2, 0.25) is 0 Å². The van der Waals surface area contributed by atoms with Gasteiger partial charge in [-0.05, 0) is 65.4 Å². The van der Waals surface area contributed by atoms with Gasteiger partial charge in [-0.2, -0.15) is 9.78 Å². The van der Waals surface area contributed by atoms with Crippen LogP contribution in [0.15, 0.2) is 61.2 Å². The molecule has 0 fully saturated rings. The average Bonchev–Trinajstić information content (AvgIpc) is 3.45. The summed E-state index contributed by atoms with van der Waals surface area (Å²) in [5, 5.41) is 18.4. The highest BCUT2D eigenvalue weighted by Crippen LogP contribution is 2.19. The molecule has 0 spiro atoms. The van der Waals surface area contributed by atoms with Crippen LogP contribution < -0.4 is 10.1 Å². The van der Waals surface area contributed by atoms with Crippen LogP contribution in [0.5, 0.6) is 5.75 Å². The summed E-state index contributed by atoms with van der Waals surface area (Å²) in [6, 6.07) is 14.6. The molecule has 30 heavy (non-hydrogen) atoms. The van der Waals surface area contributed by atoms with Crippen LogP contribution in [-0.4, -0.2) is 48.0 Å². The van der Waals surface area contributed by atoms with Crippen LogP contribution in [0.4, 0.5) is 5.69 Å². The predicted octanol–water partition coefficient (Wildman–Crippen LogP) is 2.21. The highest BCUT2D eigenvalue weighted by Gasteiger charge is 2.17. The lowest BCUT2D eigenvalue weighted by Gasteiger charge is -2.11. The monoisotopic (exact) mass is 402 g/mol. The van der Waals surface area contributed by atoms with Gasteiger partial charge in [0.05, 0.1) is 12.8 Å². The second-order valence-electron chi connectivity index (χ2n) is 6.29. The number of aryl methyl sites for hydroxylation is 1. The van der Waals surface area contributed by atoms with Crippen LogP contribution in [0.1, 0.15) is 11.4 Å². The number of carbonyl (C=O) groups is 1. The molecule has 150 valence electrons. The zero-order valence-corrected chi connectivity index (χ0v) is 16.3. The molecule has 2 aromatic heterocycles. The molecule has 0 unspecified atom stereocenters. The van der Waals surface area contributed by atoms with Crippen LogP contribution in [0.3, 0.4) is 0 Å². The summed E-state index contributed by atoms with van der Waals surface area (Å²) in [5.41, 5.74) is 2.49. The Morgan fingerprint density at radius 3 is 2.67 bits per heavy atom. The number of benzene rings is 2. The van der Waals surface area contributed by atoms with Crippen LogP contribution in [-0.2, 0) is 4.79 Å². The summed E-state index contributed by atoms with van der Waals surface area (Å²) in [7, 11) is 1.59. The maximum absolute atomic E-state index is 13.1.